The van der Waals surface area contributed by atoms with Crippen LogP contribution in [0.1, 0.15) is 6.42 Å². The van der Waals surface area contributed by atoms with Crippen molar-refractivity contribution in [3.63, 3.8) is 0 Å². The van der Waals surface area contributed by atoms with Crippen LogP contribution in [-0.2, 0) is 4.79 Å². The molecule has 3 N–H and O–H groups in total. The van der Waals surface area contributed by atoms with Crippen molar-refractivity contribution in [2.45, 2.75) is 12.5 Å². The summed E-state index contributed by atoms with van der Waals surface area (Å²) in [6.07, 6.45) is 0.0399. The number of aliphatic carboxylic acids is 1. The Morgan fingerprint density at radius 3 is 2.17 bits per heavy atom. The number of carboxylic acids is 1. The molecule has 1 atom stereocenters. The zero-order chi connectivity index (χ0) is 8.15. The molecule has 0 amide bonds. The molecule has 0 aromatic carbocycles. The highest BCUT2D eigenvalue weighted by Gasteiger charge is 2.07. The molecule has 4 nitrogen and oxygen atoms in total. The van der Waals surface area contributed by atoms with Crippen molar-refractivity contribution >= 4 is 30.8 Å². The fourth-order valence-corrected chi connectivity index (χ4v) is 0.758. The van der Waals surface area contributed by atoms with Crippen molar-refractivity contribution in [1.29, 1.82) is 0 Å². The summed E-state index contributed by atoms with van der Waals surface area (Å²) < 4.78 is 0. The minimum atomic E-state index is -0.839. The van der Waals surface area contributed by atoms with E-state index in [2.05, 4.69) is 0 Å². The van der Waals surface area contributed by atoms with E-state index in [0.29, 0.717) is 6.54 Å². The SMILES string of the molecule is CN(C)CC(N)CC(=O)O.Cl.Cl. The molecular weight excluding hydrogens is 203 g/mol. The molecule has 0 spiro atoms. The Bertz CT molecular complexity index is 122. The molecule has 0 heterocycles. The third-order valence-corrected chi connectivity index (χ3v) is 1.04. The van der Waals surface area contributed by atoms with Gasteiger partial charge in [0, 0.05) is 12.6 Å². The molecule has 0 bridgehead atoms. The molecule has 0 fully saturated rings. The number of rotatable bonds is 4. The van der Waals surface area contributed by atoms with Gasteiger partial charge in [0.2, 0.25) is 0 Å². The molecule has 6 heteroatoms. The first kappa shape index (κ1) is 17.9. The van der Waals surface area contributed by atoms with Crippen molar-refractivity contribution in [2.75, 3.05) is 20.6 Å². The van der Waals surface area contributed by atoms with Crippen molar-refractivity contribution < 1.29 is 9.90 Å². The quantitative estimate of drug-likeness (QED) is 0.708. The zero-order valence-electron chi connectivity index (χ0n) is 7.19. The minimum Gasteiger partial charge on any atom is -0.481 e. The molecule has 0 aromatic heterocycles. The van der Waals surface area contributed by atoms with Crippen LogP contribution in [0.2, 0.25) is 0 Å². The van der Waals surface area contributed by atoms with Gasteiger partial charge in [0.1, 0.15) is 0 Å². The Balaban J connectivity index is -0.000000405. The van der Waals surface area contributed by atoms with E-state index in [9.17, 15) is 4.79 Å². The number of nitrogens with two attached hydrogens (primary N) is 1. The van der Waals surface area contributed by atoms with E-state index in [1.165, 1.54) is 0 Å². The van der Waals surface area contributed by atoms with Crippen LogP contribution >= 0.6 is 24.8 Å². The van der Waals surface area contributed by atoms with Gasteiger partial charge in [-0.05, 0) is 14.1 Å². The Morgan fingerprint density at radius 1 is 1.50 bits per heavy atom. The molecular formula is C6H16Cl2N2O2. The van der Waals surface area contributed by atoms with Gasteiger partial charge in [0.25, 0.3) is 0 Å². The molecule has 76 valence electrons. The van der Waals surface area contributed by atoms with Crippen LogP contribution in [0.3, 0.4) is 0 Å². The highest BCUT2D eigenvalue weighted by Crippen LogP contribution is 1.88. The van der Waals surface area contributed by atoms with Crippen LogP contribution in [-0.4, -0.2) is 42.7 Å². The summed E-state index contributed by atoms with van der Waals surface area (Å²) in [4.78, 5) is 12.0. The number of hydrogen-bond acceptors (Lipinski definition) is 3. The van der Waals surface area contributed by atoms with Gasteiger partial charge in [-0.3, -0.25) is 4.79 Å². The van der Waals surface area contributed by atoms with Crippen LogP contribution in [0.4, 0.5) is 0 Å². The van der Waals surface area contributed by atoms with Crippen LogP contribution in [0, 0.1) is 0 Å². The van der Waals surface area contributed by atoms with E-state index < -0.39 is 5.97 Å². The monoisotopic (exact) mass is 218 g/mol. The molecule has 0 rings (SSSR count). The van der Waals surface area contributed by atoms with Gasteiger partial charge in [0.05, 0.1) is 6.42 Å². The maximum absolute atomic E-state index is 10.1. The van der Waals surface area contributed by atoms with Gasteiger partial charge in [-0.15, -0.1) is 24.8 Å². The average Bonchev–Trinajstić information content (AvgIpc) is 1.58. The van der Waals surface area contributed by atoms with Crippen molar-refractivity contribution in [2.24, 2.45) is 5.73 Å². The lowest BCUT2D eigenvalue weighted by Crippen LogP contribution is -2.34. The molecule has 0 aromatic rings. The molecule has 0 aliphatic heterocycles. The van der Waals surface area contributed by atoms with Gasteiger partial charge in [-0.1, -0.05) is 0 Å². The lowest BCUT2D eigenvalue weighted by atomic mass is 10.2. The van der Waals surface area contributed by atoms with Crippen LogP contribution in [0.15, 0.2) is 0 Å². The lowest BCUT2D eigenvalue weighted by molar-refractivity contribution is -0.137. The highest BCUT2D eigenvalue weighted by atomic mass is 35.5. The van der Waals surface area contributed by atoms with Gasteiger partial charge in [0.15, 0.2) is 0 Å². The topological polar surface area (TPSA) is 66.6 Å². The average molecular weight is 219 g/mol. The molecule has 0 saturated heterocycles. The van der Waals surface area contributed by atoms with Gasteiger partial charge in [-0.2, -0.15) is 0 Å². The van der Waals surface area contributed by atoms with Crippen molar-refractivity contribution in [3.05, 3.63) is 0 Å². The van der Waals surface area contributed by atoms with E-state index in [1.807, 2.05) is 19.0 Å². The zero-order valence-corrected chi connectivity index (χ0v) is 8.82. The summed E-state index contributed by atoms with van der Waals surface area (Å²) in [7, 11) is 3.73. The summed E-state index contributed by atoms with van der Waals surface area (Å²) in [5, 5.41) is 8.30. The molecule has 0 radical (unpaired) electrons. The van der Waals surface area contributed by atoms with Crippen molar-refractivity contribution in [1.82, 2.24) is 4.90 Å². The fourth-order valence-electron chi connectivity index (χ4n) is 0.758. The normalized spacial score (nSPS) is 11.3. The first-order valence-corrected chi connectivity index (χ1v) is 3.14. The second kappa shape index (κ2) is 9.06. The molecule has 0 aliphatic rings. The number of likely N-dealkylation sites (N-methyl/N-ethyl adjacent to an activating group) is 1. The Hall–Kier alpha value is -0.0300. The Labute approximate surface area is 84.9 Å². The number of carboxylic acid groups (broad SMARTS) is 1. The van der Waals surface area contributed by atoms with Crippen molar-refractivity contribution in [3.8, 4) is 0 Å². The predicted octanol–water partition coefficient (Wildman–Crippen LogP) is 0.194. The number of halogens is 2. The second-order valence-electron chi connectivity index (χ2n) is 2.62. The number of carbonyl (C=O) groups is 1. The second-order valence-corrected chi connectivity index (χ2v) is 2.62. The van der Waals surface area contributed by atoms with Crippen LogP contribution in [0.25, 0.3) is 0 Å². The number of hydrogen-bond donors (Lipinski definition) is 2. The summed E-state index contributed by atoms with van der Waals surface area (Å²) in [6.45, 7) is 0.617. The van der Waals surface area contributed by atoms with E-state index in [4.69, 9.17) is 10.8 Å². The lowest BCUT2D eigenvalue weighted by Gasteiger charge is -2.14. The van der Waals surface area contributed by atoms with Gasteiger partial charge < -0.3 is 15.7 Å². The molecule has 12 heavy (non-hydrogen) atoms. The number of nitrogens with zero attached hydrogens (tertiary/aromatic N) is 1. The third-order valence-electron chi connectivity index (χ3n) is 1.04. The Kier molecular flexibility index (Phi) is 13.5. The summed E-state index contributed by atoms with van der Waals surface area (Å²) in [6, 6.07) is -0.257. The van der Waals surface area contributed by atoms with E-state index >= 15 is 0 Å². The molecule has 0 saturated carbocycles. The van der Waals surface area contributed by atoms with Gasteiger partial charge >= 0.3 is 5.97 Å². The van der Waals surface area contributed by atoms with Crippen LogP contribution in [0.5, 0.6) is 0 Å². The standard InChI is InChI=1S/C6H14N2O2.2ClH/c1-8(2)4-5(7)3-6(9)10;;/h5H,3-4,7H2,1-2H3,(H,9,10);2*1H. The molecule has 0 aliphatic carbocycles. The highest BCUT2D eigenvalue weighted by molar-refractivity contribution is 5.85. The maximum atomic E-state index is 10.1. The van der Waals surface area contributed by atoms with Gasteiger partial charge in [-0.25, -0.2) is 0 Å². The summed E-state index contributed by atoms with van der Waals surface area (Å²) >= 11 is 0. The largest absolute Gasteiger partial charge is 0.481 e. The minimum absolute atomic E-state index is 0. The first-order chi connectivity index (χ1) is 4.52. The van der Waals surface area contributed by atoms with E-state index in [1.54, 1.807) is 0 Å². The summed E-state index contributed by atoms with van der Waals surface area (Å²) in [5.41, 5.74) is 5.45. The summed E-state index contributed by atoms with van der Waals surface area (Å²) in [5.74, 6) is -0.839. The Morgan fingerprint density at radius 2 is 1.92 bits per heavy atom. The third kappa shape index (κ3) is 12.6. The van der Waals surface area contributed by atoms with E-state index in [-0.39, 0.29) is 37.3 Å². The predicted molar refractivity (Wildman–Crippen MR) is 53.3 cm³/mol. The van der Waals surface area contributed by atoms with Crippen LogP contribution < -0.4 is 5.73 Å². The first-order valence-electron chi connectivity index (χ1n) is 3.14. The molecule has 1 unspecified atom stereocenters. The van der Waals surface area contributed by atoms with E-state index in [0.717, 1.165) is 0 Å². The fraction of sp³-hybridized carbons (Fsp3) is 0.833. The maximum Gasteiger partial charge on any atom is 0.304 e. The smallest absolute Gasteiger partial charge is 0.304 e.